The van der Waals surface area contributed by atoms with Crippen LogP contribution < -0.4 is 4.90 Å². The first-order valence-electron chi connectivity index (χ1n) is 7.55. The van der Waals surface area contributed by atoms with Crippen LogP contribution in [0.15, 0.2) is 53.8 Å². The molecule has 0 spiro atoms. The summed E-state index contributed by atoms with van der Waals surface area (Å²) in [5.74, 6) is -0.722. The minimum absolute atomic E-state index is 0.0649. The Balaban J connectivity index is 1.76. The van der Waals surface area contributed by atoms with Crippen molar-refractivity contribution in [2.75, 3.05) is 17.2 Å². The summed E-state index contributed by atoms with van der Waals surface area (Å²) in [4.78, 5) is 13.9. The Bertz CT molecular complexity index is 936. The van der Waals surface area contributed by atoms with Gasteiger partial charge in [0, 0.05) is 12.7 Å². The molecule has 0 fully saturated rings. The van der Waals surface area contributed by atoms with Crippen LogP contribution in [0.4, 0.5) is 10.1 Å². The van der Waals surface area contributed by atoms with Crippen LogP contribution >= 0.6 is 11.8 Å². The van der Waals surface area contributed by atoms with Crippen LogP contribution in [-0.2, 0) is 4.79 Å². The Morgan fingerprint density at radius 2 is 2.04 bits per heavy atom. The minimum atomic E-state index is -0.494. The molecule has 3 rings (SSSR count). The number of fused-ring (bicyclic) bond motifs is 1. The van der Waals surface area contributed by atoms with Crippen molar-refractivity contribution in [1.29, 1.82) is 5.26 Å². The average Bonchev–Trinajstić information content (AvgIpc) is 3.05. The number of benzene rings is 1. The van der Waals surface area contributed by atoms with Gasteiger partial charge in [-0.3, -0.25) is 9.20 Å². The lowest BCUT2D eigenvalue weighted by molar-refractivity contribution is -0.116. The van der Waals surface area contributed by atoms with Gasteiger partial charge in [0.1, 0.15) is 5.82 Å². The molecule has 0 N–H and O–H groups in total. The van der Waals surface area contributed by atoms with Crippen molar-refractivity contribution in [3.05, 3.63) is 54.5 Å². The fourth-order valence-electron chi connectivity index (χ4n) is 2.33. The van der Waals surface area contributed by atoms with E-state index in [0.717, 1.165) is 0 Å². The summed E-state index contributed by atoms with van der Waals surface area (Å²) in [6.07, 6.45) is 1.94. The van der Waals surface area contributed by atoms with Crippen molar-refractivity contribution in [2.45, 2.75) is 11.6 Å². The van der Waals surface area contributed by atoms with Gasteiger partial charge in [-0.05, 0) is 24.3 Å². The molecule has 6 nitrogen and oxygen atoms in total. The van der Waals surface area contributed by atoms with Crippen molar-refractivity contribution in [3.8, 4) is 6.07 Å². The number of rotatable bonds is 6. The first-order chi connectivity index (χ1) is 12.2. The zero-order valence-corrected chi connectivity index (χ0v) is 14.0. The van der Waals surface area contributed by atoms with E-state index in [2.05, 4.69) is 10.2 Å². The van der Waals surface area contributed by atoms with Gasteiger partial charge in [-0.25, -0.2) is 4.39 Å². The quantitative estimate of drug-likeness (QED) is 0.636. The molecule has 0 aliphatic rings. The first kappa shape index (κ1) is 16.9. The maximum Gasteiger partial charge on any atom is 0.237 e. The zero-order valence-electron chi connectivity index (χ0n) is 13.2. The molecular weight excluding hydrogens is 341 g/mol. The number of hydrogen-bond donors (Lipinski definition) is 0. The number of anilines is 1. The highest BCUT2D eigenvalue weighted by atomic mass is 32.2. The van der Waals surface area contributed by atoms with Gasteiger partial charge in [0.2, 0.25) is 5.91 Å². The molecule has 25 heavy (non-hydrogen) atoms. The third kappa shape index (κ3) is 3.78. The number of aromatic nitrogens is 3. The summed E-state index contributed by atoms with van der Waals surface area (Å²) in [6, 6.07) is 13.5. The van der Waals surface area contributed by atoms with Crippen LogP contribution in [0.3, 0.4) is 0 Å². The second kappa shape index (κ2) is 7.77. The largest absolute Gasteiger partial charge is 0.308 e. The van der Waals surface area contributed by atoms with E-state index in [-0.39, 0.29) is 30.3 Å². The fourth-order valence-corrected chi connectivity index (χ4v) is 3.13. The number of nitrogens with zero attached hydrogens (tertiary/aromatic N) is 5. The second-order valence-electron chi connectivity index (χ2n) is 5.10. The summed E-state index contributed by atoms with van der Waals surface area (Å²) < 4.78 is 15.8. The highest BCUT2D eigenvalue weighted by Crippen LogP contribution is 2.22. The van der Waals surface area contributed by atoms with Gasteiger partial charge in [-0.15, -0.1) is 10.2 Å². The lowest BCUT2D eigenvalue weighted by Gasteiger charge is -2.22. The smallest absolute Gasteiger partial charge is 0.237 e. The van der Waals surface area contributed by atoms with E-state index in [4.69, 9.17) is 5.26 Å². The van der Waals surface area contributed by atoms with Crippen molar-refractivity contribution >= 4 is 29.0 Å². The monoisotopic (exact) mass is 355 g/mol. The number of thioether (sulfide) groups is 1. The molecule has 8 heteroatoms. The number of halogens is 1. The molecule has 2 heterocycles. The van der Waals surface area contributed by atoms with Crippen LogP contribution in [0.2, 0.25) is 0 Å². The Labute approximate surface area is 147 Å². The summed E-state index contributed by atoms with van der Waals surface area (Å²) in [7, 11) is 0. The van der Waals surface area contributed by atoms with E-state index in [1.165, 1.54) is 28.8 Å². The van der Waals surface area contributed by atoms with E-state index in [0.29, 0.717) is 10.8 Å². The van der Waals surface area contributed by atoms with E-state index in [1.807, 2.05) is 30.5 Å². The molecule has 0 atom stereocenters. The predicted molar refractivity (Wildman–Crippen MR) is 92.7 cm³/mol. The maximum absolute atomic E-state index is 14.0. The third-order valence-electron chi connectivity index (χ3n) is 3.50. The number of carbonyl (C=O) groups excluding carboxylic acids is 1. The standard InChI is InChI=1S/C17H14FN5OS/c18-13-6-1-2-7-14(13)22(11-5-9-19)16(24)12-25-17-21-20-15-8-3-4-10-23(15)17/h1-4,6-8,10H,5,11-12H2. The molecule has 1 aromatic carbocycles. The number of amides is 1. The highest BCUT2D eigenvalue weighted by molar-refractivity contribution is 7.99. The third-order valence-corrected chi connectivity index (χ3v) is 4.43. The van der Waals surface area contributed by atoms with Crippen molar-refractivity contribution in [2.24, 2.45) is 0 Å². The van der Waals surface area contributed by atoms with Gasteiger partial charge in [0.15, 0.2) is 10.8 Å². The SMILES string of the molecule is N#CCCN(C(=O)CSc1nnc2ccccn12)c1ccccc1F. The molecule has 0 saturated carbocycles. The van der Waals surface area contributed by atoms with Gasteiger partial charge < -0.3 is 4.90 Å². The van der Waals surface area contributed by atoms with E-state index < -0.39 is 5.82 Å². The lowest BCUT2D eigenvalue weighted by atomic mass is 10.2. The summed E-state index contributed by atoms with van der Waals surface area (Å²) in [6.45, 7) is 0.136. The molecule has 1 amide bonds. The predicted octanol–water partition coefficient (Wildman–Crippen LogP) is 2.91. The normalized spacial score (nSPS) is 10.6. The van der Waals surface area contributed by atoms with Gasteiger partial charge in [0.25, 0.3) is 0 Å². The highest BCUT2D eigenvalue weighted by Gasteiger charge is 2.19. The molecular formula is C17H14FN5OS. The number of carbonyl (C=O) groups is 1. The van der Waals surface area contributed by atoms with Crippen LogP contribution in [0.25, 0.3) is 5.65 Å². The minimum Gasteiger partial charge on any atom is -0.308 e. The zero-order chi connectivity index (χ0) is 17.6. The van der Waals surface area contributed by atoms with Crippen molar-refractivity contribution in [3.63, 3.8) is 0 Å². The van der Waals surface area contributed by atoms with Crippen molar-refractivity contribution < 1.29 is 9.18 Å². The Hall–Kier alpha value is -2.92. The van der Waals surface area contributed by atoms with E-state index in [1.54, 1.807) is 16.5 Å². The number of hydrogen-bond acceptors (Lipinski definition) is 5. The van der Waals surface area contributed by atoms with Crippen LogP contribution in [0, 0.1) is 17.1 Å². The Morgan fingerprint density at radius 3 is 2.84 bits per heavy atom. The number of para-hydroxylation sites is 1. The lowest BCUT2D eigenvalue weighted by Crippen LogP contribution is -2.34. The molecule has 0 aliphatic carbocycles. The topological polar surface area (TPSA) is 74.3 Å². The van der Waals surface area contributed by atoms with E-state index in [9.17, 15) is 9.18 Å². The van der Waals surface area contributed by atoms with E-state index >= 15 is 0 Å². The average molecular weight is 355 g/mol. The van der Waals surface area contributed by atoms with Crippen LogP contribution in [0.5, 0.6) is 0 Å². The summed E-state index contributed by atoms with van der Waals surface area (Å²) >= 11 is 1.22. The molecule has 126 valence electrons. The molecule has 2 aromatic heterocycles. The summed E-state index contributed by atoms with van der Waals surface area (Å²) in [5.41, 5.74) is 0.863. The first-order valence-corrected chi connectivity index (χ1v) is 8.53. The molecule has 0 bridgehead atoms. The second-order valence-corrected chi connectivity index (χ2v) is 6.05. The molecule has 0 radical (unpaired) electrons. The molecule has 0 aliphatic heterocycles. The fraction of sp³-hybridized carbons (Fsp3) is 0.176. The summed E-state index contributed by atoms with van der Waals surface area (Å²) in [5, 5.41) is 17.5. The van der Waals surface area contributed by atoms with Gasteiger partial charge in [-0.2, -0.15) is 5.26 Å². The Morgan fingerprint density at radius 1 is 1.24 bits per heavy atom. The van der Waals surface area contributed by atoms with Crippen molar-refractivity contribution in [1.82, 2.24) is 14.6 Å². The Kier molecular flexibility index (Phi) is 5.26. The maximum atomic E-state index is 14.0. The molecule has 0 unspecified atom stereocenters. The van der Waals surface area contributed by atoms with Gasteiger partial charge >= 0.3 is 0 Å². The van der Waals surface area contributed by atoms with Crippen LogP contribution in [0.1, 0.15) is 6.42 Å². The van der Waals surface area contributed by atoms with Crippen LogP contribution in [-0.4, -0.2) is 32.8 Å². The number of pyridine rings is 1. The van der Waals surface area contributed by atoms with Gasteiger partial charge in [-0.1, -0.05) is 30.0 Å². The molecule has 3 aromatic rings. The number of nitriles is 1. The molecule has 0 saturated heterocycles. The van der Waals surface area contributed by atoms with Gasteiger partial charge in [0.05, 0.1) is 23.9 Å².